The van der Waals surface area contributed by atoms with Crippen molar-refractivity contribution in [3.63, 3.8) is 0 Å². The van der Waals surface area contributed by atoms with Crippen LogP contribution >= 0.6 is 0 Å². The molecule has 2 aromatic rings. The highest BCUT2D eigenvalue weighted by atomic mass is 16.5. The Morgan fingerprint density at radius 1 is 1.00 bits per heavy atom. The van der Waals surface area contributed by atoms with Gasteiger partial charge in [-0.15, -0.1) is 0 Å². The second-order valence-corrected chi connectivity index (χ2v) is 9.02. The van der Waals surface area contributed by atoms with Gasteiger partial charge in [0.1, 0.15) is 5.60 Å². The van der Waals surface area contributed by atoms with Gasteiger partial charge in [0.15, 0.2) is 0 Å². The zero-order valence-electron chi connectivity index (χ0n) is 18.9. The number of amides is 2. The van der Waals surface area contributed by atoms with Crippen molar-refractivity contribution in [3.05, 3.63) is 53.6 Å². The zero-order valence-corrected chi connectivity index (χ0v) is 18.9. The van der Waals surface area contributed by atoms with Crippen LogP contribution in [0.3, 0.4) is 0 Å². The minimum absolute atomic E-state index is 0.0253. The molecule has 174 valence electrons. The van der Waals surface area contributed by atoms with Gasteiger partial charge in [0.05, 0.1) is 18.8 Å². The maximum Gasteiger partial charge on any atom is 0.254 e. The standard InChI is InChI=1S/C25H30N4O4/c1-33-15-14-29-22-16-20(6-7-21(22)17-26-29)18-2-4-19(5-3-18)23(30)27-10-12-28(13-11-27)24(31)25(32)8-9-25/h2-7,16,26,32H,8-15,17H2,1H3. The van der Waals surface area contributed by atoms with Gasteiger partial charge in [-0.05, 0) is 47.7 Å². The molecule has 1 saturated heterocycles. The number of fused-ring (bicyclic) bond motifs is 1. The number of carbonyl (C=O) groups excluding carboxylic acids is 2. The highest BCUT2D eigenvalue weighted by molar-refractivity contribution is 5.95. The van der Waals surface area contributed by atoms with E-state index >= 15 is 0 Å². The molecule has 2 N–H and O–H groups in total. The molecular weight excluding hydrogens is 420 g/mol. The van der Waals surface area contributed by atoms with Crippen LogP contribution in [0.15, 0.2) is 42.5 Å². The van der Waals surface area contributed by atoms with Gasteiger partial charge in [-0.2, -0.15) is 0 Å². The van der Waals surface area contributed by atoms with Crippen LogP contribution in [-0.2, 0) is 16.1 Å². The van der Waals surface area contributed by atoms with E-state index in [0.717, 1.165) is 29.9 Å². The molecule has 2 amide bonds. The molecule has 0 spiro atoms. The number of aliphatic hydroxyl groups is 1. The van der Waals surface area contributed by atoms with Gasteiger partial charge < -0.3 is 24.7 Å². The number of carbonyl (C=O) groups is 2. The lowest BCUT2D eigenvalue weighted by Crippen LogP contribution is -2.53. The maximum absolute atomic E-state index is 13.0. The fraction of sp³-hybridized carbons (Fsp3) is 0.440. The van der Waals surface area contributed by atoms with Crippen molar-refractivity contribution in [2.75, 3.05) is 51.4 Å². The smallest absolute Gasteiger partial charge is 0.254 e. The Bertz CT molecular complexity index is 1040. The Morgan fingerprint density at radius 3 is 2.33 bits per heavy atom. The number of hydrogen-bond acceptors (Lipinski definition) is 6. The van der Waals surface area contributed by atoms with Gasteiger partial charge in [-0.25, -0.2) is 5.43 Å². The van der Waals surface area contributed by atoms with Crippen LogP contribution in [0.4, 0.5) is 5.69 Å². The number of nitrogens with one attached hydrogen (secondary N) is 1. The second-order valence-electron chi connectivity index (χ2n) is 9.02. The number of hydrazine groups is 1. The monoisotopic (exact) mass is 450 g/mol. The van der Waals surface area contributed by atoms with E-state index in [-0.39, 0.29) is 11.8 Å². The zero-order chi connectivity index (χ0) is 23.0. The molecule has 2 aliphatic heterocycles. The van der Waals surface area contributed by atoms with E-state index in [0.29, 0.717) is 51.2 Å². The molecule has 2 heterocycles. The third kappa shape index (κ3) is 4.34. The molecule has 3 aliphatic rings. The average Bonchev–Trinajstić information content (AvgIpc) is 3.49. The first kappa shape index (κ1) is 21.9. The third-order valence-corrected chi connectivity index (χ3v) is 6.80. The summed E-state index contributed by atoms with van der Waals surface area (Å²) in [6.45, 7) is 4.14. The first-order valence-electron chi connectivity index (χ1n) is 11.5. The number of rotatable bonds is 6. The van der Waals surface area contributed by atoms with Crippen molar-refractivity contribution < 1.29 is 19.4 Å². The van der Waals surface area contributed by atoms with Crippen LogP contribution < -0.4 is 10.4 Å². The van der Waals surface area contributed by atoms with E-state index < -0.39 is 5.60 Å². The van der Waals surface area contributed by atoms with Gasteiger partial charge in [0.25, 0.3) is 11.8 Å². The Balaban J connectivity index is 1.23. The van der Waals surface area contributed by atoms with E-state index in [4.69, 9.17) is 4.74 Å². The first-order chi connectivity index (χ1) is 16.0. The molecule has 0 aromatic heterocycles. The molecule has 1 aliphatic carbocycles. The lowest BCUT2D eigenvalue weighted by molar-refractivity contribution is -0.143. The quantitative estimate of drug-likeness (QED) is 0.696. The van der Waals surface area contributed by atoms with Crippen LogP contribution in [0.25, 0.3) is 11.1 Å². The van der Waals surface area contributed by atoms with Crippen LogP contribution in [0.2, 0.25) is 0 Å². The number of methoxy groups -OCH3 is 1. The van der Waals surface area contributed by atoms with Crippen molar-refractivity contribution in [1.82, 2.24) is 15.2 Å². The molecule has 2 aromatic carbocycles. The predicted molar refractivity (Wildman–Crippen MR) is 125 cm³/mol. The summed E-state index contributed by atoms with van der Waals surface area (Å²) in [5, 5.41) is 12.2. The summed E-state index contributed by atoms with van der Waals surface area (Å²) < 4.78 is 5.21. The second kappa shape index (κ2) is 8.78. The summed E-state index contributed by atoms with van der Waals surface area (Å²) in [5.41, 5.74) is 7.46. The third-order valence-electron chi connectivity index (χ3n) is 6.80. The summed E-state index contributed by atoms with van der Waals surface area (Å²) in [6, 6.07) is 14.1. The van der Waals surface area contributed by atoms with E-state index in [1.807, 2.05) is 24.3 Å². The molecule has 0 radical (unpaired) electrons. The van der Waals surface area contributed by atoms with Crippen LogP contribution in [0.5, 0.6) is 0 Å². The number of piperazine rings is 1. The fourth-order valence-electron chi connectivity index (χ4n) is 4.52. The Labute approximate surface area is 193 Å². The summed E-state index contributed by atoms with van der Waals surface area (Å²) in [4.78, 5) is 28.7. The summed E-state index contributed by atoms with van der Waals surface area (Å²) in [5.74, 6) is -0.216. The van der Waals surface area contributed by atoms with E-state index in [1.165, 1.54) is 5.56 Å². The summed E-state index contributed by atoms with van der Waals surface area (Å²) in [6.07, 6.45) is 1.09. The molecule has 0 atom stereocenters. The van der Waals surface area contributed by atoms with Crippen LogP contribution in [-0.4, -0.2) is 78.8 Å². The van der Waals surface area contributed by atoms with E-state index in [9.17, 15) is 14.7 Å². The number of hydrogen-bond donors (Lipinski definition) is 2. The normalized spacial score (nSPS) is 18.9. The molecule has 8 nitrogen and oxygen atoms in total. The van der Waals surface area contributed by atoms with Gasteiger partial charge in [0.2, 0.25) is 0 Å². The van der Waals surface area contributed by atoms with Gasteiger partial charge in [-0.3, -0.25) is 9.59 Å². The number of nitrogens with zero attached hydrogens (tertiary/aromatic N) is 3. The number of benzene rings is 2. The van der Waals surface area contributed by atoms with Crippen LogP contribution in [0.1, 0.15) is 28.8 Å². The Hall–Kier alpha value is -2.94. The molecule has 8 heteroatoms. The Kier molecular flexibility index (Phi) is 5.82. The maximum atomic E-state index is 13.0. The fourth-order valence-corrected chi connectivity index (χ4v) is 4.52. The lowest BCUT2D eigenvalue weighted by atomic mass is 10.0. The topological polar surface area (TPSA) is 85.4 Å². The van der Waals surface area contributed by atoms with Crippen molar-refractivity contribution in [2.45, 2.75) is 25.0 Å². The molecule has 0 bridgehead atoms. The van der Waals surface area contributed by atoms with Crippen molar-refractivity contribution in [1.29, 1.82) is 0 Å². The lowest BCUT2D eigenvalue weighted by Gasteiger charge is -2.35. The number of ether oxygens (including phenoxy) is 1. The number of anilines is 1. The minimum atomic E-state index is -1.14. The van der Waals surface area contributed by atoms with E-state index in [2.05, 4.69) is 28.6 Å². The highest BCUT2D eigenvalue weighted by Gasteiger charge is 2.50. The van der Waals surface area contributed by atoms with Gasteiger partial charge >= 0.3 is 0 Å². The summed E-state index contributed by atoms with van der Waals surface area (Å²) in [7, 11) is 1.70. The largest absolute Gasteiger partial charge is 0.383 e. The Morgan fingerprint density at radius 2 is 1.67 bits per heavy atom. The molecule has 33 heavy (non-hydrogen) atoms. The minimum Gasteiger partial charge on any atom is -0.383 e. The van der Waals surface area contributed by atoms with Gasteiger partial charge in [-0.1, -0.05) is 24.3 Å². The molecule has 1 saturated carbocycles. The van der Waals surface area contributed by atoms with Crippen molar-refractivity contribution >= 4 is 17.5 Å². The molecule has 5 rings (SSSR count). The van der Waals surface area contributed by atoms with Crippen molar-refractivity contribution in [2.24, 2.45) is 0 Å². The van der Waals surface area contributed by atoms with Gasteiger partial charge in [0, 0.05) is 45.4 Å². The van der Waals surface area contributed by atoms with Crippen LogP contribution in [0, 0.1) is 0 Å². The summed E-state index contributed by atoms with van der Waals surface area (Å²) >= 11 is 0. The van der Waals surface area contributed by atoms with Crippen molar-refractivity contribution in [3.8, 4) is 11.1 Å². The average molecular weight is 451 g/mol. The molecule has 2 fully saturated rings. The first-order valence-corrected chi connectivity index (χ1v) is 11.5. The molecule has 0 unspecified atom stereocenters. The SMILES string of the molecule is COCCN1NCc2ccc(-c3ccc(C(=O)N4CCN(C(=O)C5(O)CC5)CC4)cc3)cc21. The predicted octanol–water partition coefficient (Wildman–Crippen LogP) is 1.63. The van der Waals surface area contributed by atoms with E-state index in [1.54, 1.807) is 16.9 Å². The highest BCUT2D eigenvalue weighted by Crippen LogP contribution is 2.37. The molecular formula is C25H30N4O4.